The fraction of sp³-hybridized carbons (Fsp3) is 0.273. The molecule has 10 heteroatoms. The van der Waals surface area contributed by atoms with Gasteiger partial charge in [-0.1, -0.05) is 35.3 Å². The molecule has 0 bridgehead atoms. The molecule has 1 N–H and O–H groups in total. The molecule has 2 fully saturated rings. The minimum Gasteiger partial charge on any atom is -0.312 e. The van der Waals surface area contributed by atoms with E-state index >= 15 is 0 Å². The van der Waals surface area contributed by atoms with Gasteiger partial charge in [-0.05, 0) is 49.2 Å². The van der Waals surface area contributed by atoms with Gasteiger partial charge in [0.25, 0.3) is 11.8 Å². The van der Waals surface area contributed by atoms with Gasteiger partial charge in [-0.25, -0.2) is 9.80 Å². The Bertz CT molecular complexity index is 1080. The maximum absolute atomic E-state index is 13.0. The number of anilines is 2. The fourth-order valence-electron chi connectivity index (χ4n) is 4.05. The van der Waals surface area contributed by atoms with Crippen molar-refractivity contribution < 1.29 is 24.4 Å². The summed E-state index contributed by atoms with van der Waals surface area (Å²) in [4.78, 5) is 53.3. The zero-order chi connectivity index (χ0) is 23.3. The van der Waals surface area contributed by atoms with E-state index in [1.807, 2.05) is 0 Å². The average molecular weight is 476 g/mol. The second kappa shape index (κ2) is 8.29. The van der Waals surface area contributed by atoms with Gasteiger partial charge in [0.2, 0.25) is 11.8 Å². The zero-order valence-electron chi connectivity index (χ0n) is 17.2. The molecule has 2 aromatic rings. The number of halogens is 2. The molecule has 166 valence electrons. The minimum absolute atomic E-state index is 0.313. The van der Waals surface area contributed by atoms with Crippen molar-refractivity contribution in [3.05, 3.63) is 57.6 Å². The fourth-order valence-corrected chi connectivity index (χ4v) is 4.38. The number of imide groups is 2. The van der Waals surface area contributed by atoms with Gasteiger partial charge in [-0.3, -0.25) is 19.2 Å². The Kier molecular flexibility index (Phi) is 5.81. The van der Waals surface area contributed by atoms with E-state index in [0.29, 0.717) is 37.6 Å². The van der Waals surface area contributed by atoms with Gasteiger partial charge >= 0.3 is 0 Å². The molecule has 0 saturated carbocycles. The summed E-state index contributed by atoms with van der Waals surface area (Å²) in [5.74, 6) is -2.46. The first-order valence-electron chi connectivity index (χ1n) is 9.84. The number of nitrogens with zero attached hydrogens (tertiary/aromatic N) is 3. The molecule has 0 aliphatic carbocycles. The predicted molar refractivity (Wildman–Crippen MR) is 118 cm³/mol. The molecule has 4 rings (SSSR count). The van der Waals surface area contributed by atoms with Crippen LogP contribution in [-0.2, 0) is 19.2 Å². The molecular weight excluding hydrogens is 457 g/mol. The van der Waals surface area contributed by atoms with Crippen molar-refractivity contribution in [1.29, 1.82) is 0 Å². The van der Waals surface area contributed by atoms with Crippen LogP contribution in [0.5, 0.6) is 0 Å². The van der Waals surface area contributed by atoms with Crippen LogP contribution < -0.4 is 9.80 Å². The summed E-state index contributed by atoms with van der Waals surface area (Å²) in [5.41, 5.74) is 1.70. The van der Waals surface area contributed by atoms with Crippen LogP contribution in [0.1, 0.15) is 24.0 Å². The number of carbonyl (C=O) groups excluding carboxylic acids is 4. The highest BCUT2D eigenvalue weighted by Crippen LogP contribution is 2.35. The highest BCUT2D eigenvalue weighted by atomic mass is 35.5. The lowest BCUT2D eigenvalue weighted by Crippen LogP contribution is -2.49. The van der Waals surface area contributed by atoms with E-state index in [-0.39, 0.29) is 12.8 Å². The second-order valence-electron chi connectivity index (χ2n) is 7.72. The smallest absolute Gasteiger partial charge is 0.254 e. The molecule has 2 aliphatic rings. The minimum atomic E-state index is -1.30. The van der Waals surface area contributed by atoms with Gasteiger partial charge in [-0.2, -0.15) is 5.06 Å². The maximum Gasteiger partial charge on any atom is 0.254 e. The summed E-state index contributed by atoms with van der Waals surface area (Å²) in [6.45, 7) is 3.35. The predicted octanol–water partition coefficient (Wildman–Crippen LogP) is 3.27. The highest BCUT2D eigenvalue weighted by molar-refractivity contribution is 6.33. The summed E-state index contributed by atoms with van der Waals surface area (Å²) in [7, 11) is 0. The summed E-state index contributed by atoms with van der Waals surface area (Å²) >= 11 is 12.2. The maximum atomic E-state index is 13.0. The van der Waals surface area contributed by atoms with Gasteiger partial charge in [0, 0.05) is 10.0 Å². The van der Waals surface area contributed by atoms with Gasteiger partial charge < -0.3 is 5.21 Å². The number of amides is 4. The molecule has 0 radical (unpaired) electrons. The van der Waals surface area contributed by atoms with Gasteiger partial charge in [0.1, 0.15) is 12.1 Å². The molecule has 2 aromatic carbocycles. The first-order valence-corrected chi connectivity index (χ1v) is 10.6. The molecular formula is C22H19Cl2N3O5. The summed E-state index contributed by atoms with van der Waals surface area (Å²) in [5, 5.41) is 12.1. The SMILES string of the molecule is Cc1c(Cl)cccc1N1C(=O)C[C@@H](N(O)[C@@H]2CC(=O)N(c3cccc(Cl)c3C)C2=O)C1=O. The number of hydroxylamine groups is 2. The molecule has 0 spiro atoms. The van der Waals surface area contributed by atoms with Gasteiger partial charge in [-0.15, -0.1) is 0 Å². The number of hydrogen-bond acceptors (Lipinski definition) is 6. The molecule has 8 nitrogen and oxygen atoms in total. The molecule has 4 amide bonds. The largest absolute Gasteiger partial charge is 0.312 e. The Morgan fingerprint density at radius 3 is 1.53 bits per heavy atom. The van der Waals surface area contributed by atoms with E-state index in [1.54, 1.807) is 50.2 Å². The van der Waals surface area contributed by atoms with Crippen LogP contribution in [0.4, 0.5) is 11.4 Å². The molecule has 2 aliphatic heterocycles. The van der Waals surface area contributed by atoms with Crippen LogP contribution in [0.25, 0.3) is 0 Å². The third-order valence-electron chi connectivity index (χ3n) is 5.84. The lowest BCUT2D eigenvalue weighted by atomic mass is 10.1. The van der Waals surface area contributed by atoms with Crippen LogP contribution in [0.15, 0.2) is 36.4 Å². The first kappa shape index (κ1) is 22.4. The van der Waals surface area contributed by atoms with Crippen molar-refractivity contribution >= 4 is 58.2 Å². The summed E-state index contributed by atoms with van der Waals surface area (Å²) in [6.07, 6.45) is -0.676. The average Bonchev–Trinajstić information content (AvgIpc) is 3.21. The summed E-state index contributed by atoms with van der Waals surface area (Å²) < 4.78 is 0. The topological polar surface area (TPSA) is 98.2 Å². The van der Waals surface area contributed by atoms with Crippen LogP contribution >= 0.6 is 23.2 Å². The first-order chi connectivity index (χ1) is 15.1. The number of benzene rings is 2. The van der Waals surface area contributed by atoms with Gasteiger partial charge in [0.15, 0.2) is 0 Å². The third kappa shape index (κ3) is 3.49. The van der Waals surface area contributed by atoms with Crippen molar-refractivity contribution in [2.45, 2.75) is 38.8 Å². The van der Waals surface area contributed by atoms with Crippen LogP contribution in [0.2, 0.25) is 10.0 Å². The second-order valence-corrected chi connectivity index (χ2v) is 8.54. The van der Waals surface area contributed by atoms with Gasteiger partial charge in [0.05, 0.1) is 24.2 Å². The molecule has 2 saturated heterocycles. The molecule has 2 heterocycles. The number of rotatable bonds is 4. The number of hydrogen-bond donors (Lipinski definition) is 1. The monoisotopic (exact) mass is 475 g/mol. The Morgan fingerprint density at radius 2 is 1.16 bits per heavy atom. The van der Waals surface area contributed by atoms with E-state index in [0.717, 1.165) is 9.80 Å². The zero-order valence-corrected chi connectivity index (χ0v) is 18.7. The highest BCUT2D eigenvalue weighted by Gasteiger charge is 2.51. The molecule has 32 heavy (non-hydrogen) atoms. The van der Waals surface area contributed by atoms with E-state index in [9.17, 15) is 24.4 Å². The molecule has 0 unspecified atom stereocenters. The van der Waals surface area contributed by atoms with Crippen LogP contribution in [0.3, 0.4) is 0 Å². The normalized spacial score (nSPS) is 21.4. The lowest BCUT2D eigenvalue weighted by molar-refractivity contribution is -0.172. The van der Waals surface area contributed by atoms with Crippen molar-refractivity contribution in [3.8, 4) is 0 Å². The van der Waals surface area contributed by atoms with E-state index in [1.165, 1.54) is 0 Å². The lowest BCUT2D eigenvalue weighted by Gasteiger charge is -2.26. The Labute approximate surface area is 193 Å². The van der Waals surface area contributed by atoms with Crippen molar-refractivity contribution in [2.75, 3.05) is 9.80 Å². The standard InChI is InChI=1S/C22H19Cl2N3O5/c1-11-13(23)5-3-7-15(11)25-19(28)9-17(21(25)30)27(32)18-10-20(29)26(22(18)31)16-8-4-6-14(24)12(16)2/h3-8,17-18,32H,9-10H2,1-2H3/t17-,18-/m1/s1. The van der Waals surface area contributed by atoms with Crippen LogP contribution in [-0.4, -0.2) is 46.0 Å². The quantitative estimate of drug-likeness (QED) is 0.538. The Morgan fingerprint density at radius 1 is 0.781 bits per heavy atom. The van der Waals surface area contributed by atoms with Crippen molar-refractivity contribution in [3.63, 3.8) is 0 Å². The van der Waals surface area contributed by atoms with Crippen molar-refractivity contribution in [2.24, 2.45) is 0 Å². The molecule has 0 aromatic heterocycles. The Hall–Kier alpha value is -2.78. The van der Waals surface area contributed by atoms with E-state index in [4.69, 9.17) is 23.2 Å². The van der Waals surface area contributed by atoms with Crippen LogP contribution in [0, 0.1) is 13.8 Å². The third-order valence-corrected chi connectivity index (χ3v) is 6.66. The number of carbonyl (C=O) groups is 4. The molecule has 2 atom stereocenters. The van der Waals surface area contributed by atoms with E-state index < -0.39 is 35.7 Å². The van der Waals surface area contributed by atoms with Crippen molar-refractivity contribution in [1.82, 2.24) is 5.06 Å². The summed E-state index contributed by atoms with van der Waals surface area (Å²) in [6, 6.07) is 7.04. The van der Waals surface area contributed by atoms with E-state index in [2.05, 4.69) is 0 Å². The Balaban J connectivity index is 1.60.